The average Bonchev–Trinajstić information content (AvgIpc) is 2.32. The fraction of sp³-hybridized carbons (Fsp3) is 0.417. The van der Waals surface area contributed by atoms with E-state index in [0.29, 0.717) is 5.69 Å². The summed E-state index contributed by atoms with van der Waals surface area (Å²) in [4.78, 5) is 11.5. The number of amides is 1. The third-order valence-electron chi connectivity index (χ3n) is 2.53. The van der Waals surface area contributed by atoms with Crippen molar-refractivity contribution in [3.8, 4) is 5.75 Å². The molecule has 0 fully saturated rings. The van der Waals surface area contributed by atoms with Crippen molar-refractivity contribution in [2.45, 2.75) is 20.0 Å². The van der Waals surface area contributed by atoms with Gasteiger partial charge in [-0.25, -0.2) is 0 Å². The third kappa shape index (κ3) is 3.18. The number of ether oxygens (including phenoxy) is 1. The van der Waals surface area contributed by atoms with Crippen LogP contribution in [-0.2, 0) is 4.79 Å². The zero-order chi connectivity index (χ0) is 13.0. The molecule has 0 saturated heterocycles. The summed E-state index contributed by atoms with van der Waals surface area (Å²) < 4.78 is 5.17. The number of aliphatic hydroxyl groups excluding tert-OH is 1. The largest absolute Gasteiger partial charge is 0.496 e. The minimum atomic E-state index is -1.18. The van der Waals surface area contributed by atoms with Crippen molar-refractivity contribution in [3.63, 3.8) is 0 Å². The number of benzene rings is 1. The number of methoxy groups -OCH3 is 1. The van der Waals surface area contributed by atoms with Gasteiger partial charge in [-0.05, 0) is 37.1 Å². The predicted molar refractivity (Wildman–Crippen MR) is 66.2 cm³/mol. The summed E-state index contributed by atoms with van der Waals surface area (Å²) in [5, 5.41) is 11.9. The van der Waals surface area contributed by atoms with Crippen molar-refractivity contribution in [1.82, 2.24) is 0 Å². The number of carbonyl (C=O) groups is 1. The number of nitrogens with two attached hydrogens (primary N) is 1. The summed E-state index contributed by atoms with van der Waals surface area (Å²) in [6.07, 6.45) is -1.18. The van der Waals surface area contributed by atoms with E-state index < -0.39 is 12.0 Å². The zero-order valence-electron chi connectivity index (χ0n) is 10.3. The maximum Gasteiger partial charge on any atom is 0.254 e. The monoisotopic (exact) mass is 238 g/mol. The van der Waals surface area contributed by atoms with Crippen molar-refractivity contribution in [1.29, 1.82) is 0 Å². The van der Waals surface area contributed by atoms with Gasteiger partial charge in [0, 0.05) is 12.2 Å². The highest BCUT2D eigenvalue weighted by molar-refractivity contribution is 5.95. The van der Waals surface area contributed by atoms with E-state index in [4.69, 9.17) is 10.5 Å². The minimum absolute atomic E-state index is 0.0972. The molecule has 5 heteroatoms. The van der Waals surface area contributed by atoms with Gasteiger partial charge in [-0.1, -0.05) is 0 Å². The second-order valence-electron chi connectivity index (χ2n) is 3.88. The van der Waals surface area contributed by atoms with Crippen LogP contribution in [0.4, 0.5) is 5.69 Å². The molecule has 0 aliphatic rings. The van der Waals surface area contributed by atoms with Gasteiger partial charge >= 0.3 is 0 Å². The highest BCUT2D eigenvalue weighted by Crippen LogP contribution is 2.25. The van der Waals surface area contributed by atoms with E-state index in [1.807, 2.05) is 19.9 Å². The summed E-state index contributed by atoms with van der Waals surface area (Å²) in [6, 6.07) is 3.63. The average molecular weight is 238 g/mol. The van der Waals surface area contributed by atoms with Crippen molar-refractivity contribution in [2.75, 3.05) is 19.0 Å². The Kier molecular flexibility index (Phi) is 4.48. The van der Waals surface area contributed by atoms with Gasteiger partial charge in [0.1, 0.15) is 11.9 Å². The molecular weight excluding hydrogens is 220 g/mol. The topological polar surface area (TPSA) is 84.6 Å². The number of hydrogen-bond acceptors (Lipinski definition) is 4. The summed E-state index contributed by atoms with van der Waals surface area (Å²) >= 11 is 0. The van der Waals surface area contributed by atoms with E-state index in [1.54, 1.807) is 13.2 Å². The van der Waals surface area contributed by atoms with Gasteiger partial charge in [-0.3, -0.25) is 4.79 Å². The lowest BCUT2D eigenvalue weighted by atomic mass is 10.1. The van der Waals surface area contributed by atoms with Crippen LogP contribution in [0.5, 0.6) is 5.75 Å². The molecule has 0 aliphatic carbocycles. The van der Waals surface area contributed by atoms with Crippen LogP contribution in [0.25, 0.3) is 0 Å². The summed E-state index contributed by atoms with van der Waals surface area (Å²) in [5.74, 6) is 0.264. The lowest BCUT2D eigenvalue weighted by Crippen LogP contribution is -2.34. The van der Waals surface area contributed by atoms with Crippen LogP contribution in [0.3, 0.4) is 0 Å². The quantitative estimate of drug-likeness (QED) is 0.716. The van der Waals surface area contributed by atoms with Crippen LogP contribution < -0.4 is 15.8 Å². The Labute approximate surface area is 101 Å². The normalized spacial score (nSPS) is 12.1. The highest BCUT2D eigenvalue weighted by atomic mass is 16.5. The van der Waals surface area contributed by atoms with Crippen molar-refractivity contribution in [2.24, 2.45) is 5.73 Å². The van der Waals surface area contributed by atoms with Gasteiger partial charge in [0.15, 0.2) is 0 Å². The Morgan fingerprint density at radius 2 is 2.12 bits per heavy atom. The Morgan fingerprint density at radius 3 is 2.65 bits per heavy atom. The van der Waals surface area contributed by atoms with Gasteiger partial charge in [-0.15, -0.1) is 0 Å². The Hall–Kier alpha value is -1.59. The maximum absolute atomic E-state index is 11.5. The smallest absolute Gasteiger partial charge is 0.254 e. The number of aliphatic hydroxyl groups is 1. The molecule has 0 radical (unpaired) electrons. The van der Waals surface area contributed by atoms with Crippen LogP contribution in [0.1, 0.15) is 11.1 Å². The molecule has 1 aromatic carbocycles. The predicted octanol–water partition coefficient (Wildman–Crippen LogP) is 0.570. The SMILES string of the molecule is COc1cc(C)c(NC(=O)C(O)CN)cc1C. The van der Waals surface area contributed by atoms with Crippen LogP contribution in [0, 0.1) is 13.8 Å². The molecule has 5 nitrogen and oxygen atoms in total. The van der Waals surface area contributed by atoms with Crippen molar-refractivity contribution >= 4 is 11.6 Å². The highest BCUT2D eigenvalue weighted by Gasteiger charge is 2.14. The molecule has 0 saturated carbocycles. The van der Waals surface area contributed by atoms with Gasteiger partial charge in [-0.2, -0.15) is 0 Å². The van der Waals surface area contributed by atoms with Crippen LogP contribution in [0.2, 0.25) is 0 Å². The fourth-order valence-electron chi connectivity index (χ4n) is 1.47. The van der Waals surface area contributed by atoms with Gasteiger partial charge < -0.3 is 20.9 Å². The number of nitrogens with one attached hydrogen (secondary N) is 1. The number of aryl methyl sites for hydroxylation is 2. The molecular formula is C12H18N2O3. The van der Waals surface area contributed by atoms with Crippen LogP contribution in [-0.4, -0.2) is 30.8 Å². The molecule has 1 unspecified atom stereocenters. The number of hydrogen-bond donors (Lipinski definition) is 3. The molecule has 0 heterocycles. The molecule has 94 valence electrons. The zero-order valence-corrected chi connectivity index (χ0v) is 10.3. The summed E-state index contributed by atoms with van der Waals surface area (Å²) in [6.45, 7) is 3.64. The molecule has 1 amide bonds. The molecule has 0 aliphatic heterocycles. The second kappa shape index (κ2) is 5.65. The molecule has 17 heavy (non-hydrogen) atoms. The molecule has 0 spiro atoms. The first-order chi connectivity index (χ1) is 7.99. The molecule has 1 aromatic rings. The maximum atomic E-state index is 11.5. The standard InChI is InChI=1S/C12H18N2O3/c1-7-5-11(17-3)8(2)4-9(7)14-12(16)10(15)6-13/h4-5,10,15H,6,13H2,1-3H3,(H,14,16). The second-order valence-corrected chi connectivity index (χ2v) is 3.88. The van der Waals surface area contributed by atoms with E-state index in [-0.39, 0.29) is 6.54 Å². The Balaban J connectivity index is 2.92. The Morgan fingerprint density at radius 1 is 1.47 bits per heavy atom. The summed E-state index contributed by atoms with van der Waals surface area (Å²) in [5.41, 5.74) is 7.64. The Bertz CT molecular complexity index is 418. The van der Waals surface area contributed by atoms with E-state index in [1.165, 1.54) is 0 Å². The van der Waals surface area contributed by atoms with E-state index in [0.717, 1.165) is 16.9 Å². The van der Waals surface area contributed by atoms with Crippen LogP contribution in [0.15, 0.2) is 12.1 Å². The molecule has 1 atom stereocenters. The van der Waals surface area contributed by atoms with Gasteiger partial charge in [0.05, 0.1) is 7.11 Å². The molecule has 1 rings (SSSR count). The first-order valence-corrected chi connectivity index (χ1v) is 5.33. The van der Waals surface area contributed by atoms with E-state index in [2.05, 4.69) is 5.32 Å². The molecule has 0 aromatic heterocycles. The summed E-state index contributed by atoms with van der Waals surface area (Å²) in [7, 11) is 1.60. The minimum Gasteiger partial charge on any atom is -0.496 e. The number of rotatable bonds is 4. The van der Waals surface area contributed by atoms with Gasteiger partial charge in [0.2, 0.25) is 0 Å². The van der Waals surface area contributed by atoms with E-state index in [9.17, 15) is 9.90 Å². The van der Waals surface area contributed by atoms with Gasteiger partial charge in [0.25, 0.3) is 5.91 Å². The third-order valence-corrected chi connectivity index (χ3v) is 2.53. The van der Waals surface area contributed by atoms with Crippen molar-refractivity contribution < 1.29 is 14.6 Å². The fourth-order valence-corrected chi connectivity index (χ4v) is 1.47. The molecule has 0 bridgehead atoms. The lowest BCUT2D eigenvalue weighted by molar-refractivity contribution is -0.123. The first-order valence-electron chi connectivity index (χ1n) is 5.33. The van der Waals surface area contributed by atoms with E-state index >= 15 is 0 Å². The van der Waals surface area contributed by atoms with Crippen LogP contribution >= 0.6 is 0 Å². The molecule has 4 N–H and O–H groups in total. The number of carbonyl (C=O) groups excluding carboxylic acids is 1. The van der Waals surface area contributed by atoms with Crippen molar-refractivity contribution in [3.05, 3.63) is 23.3 Å². The lowest BCUT2D eigenvalue weighted by Gasteiger charge is -2.14. The number of anilines is 1. The first kappa shape index (κ1) is 13.5.